The number of nitrogens with zero attached hydrogens (tertiary/aromatic N) is 3. The number of amides is 1. The summed E-state index contributed by atoms with van der Waals surface area (Å²) in [6.45, 7) is 4.94. The fourth-order valence-electron chi connectivity index (χ4n) is 6.02. The predicted octanol–water partition coefficient (Wildman–Crippen LogP) is -1.29. The average Bonchev–Trinajstić information content (AvgIpc) is 3.24. The molecule has 32 heavy (non-hydrogen) atoms. The Morgan fingerprint density at radius 3 is 2.88 bits per heavy atom. The number of benzene rings is 1. The van der Waals surface area contributed by atoms with Crippen LogP contribution < -0.4 is 27.8 Å². The number of carbonyl (C=O) groups excluding carboxylic acids is 1. The average molecular weight is 441 g/mol. The molecule has 0 radical (unpaired) electrons. The molecule has 0 aromatic heterocycles. The number of hydrogen-bond acceptors (Lipinski definition) is 9. The molecule has 1 aliphatic carbocycles. The van der Waals surface area contributed by atoms with E-state index in [0.717, 1.165) is 24.8 Å². The van der Waals surface area contributed by atoms with Crippen LogP contribution in [0.3, 0.4) is 0 Å². The standard InChI is InChI=1S/C22H32N8O2/c1-21(2)8-4-6-11-12(5-3-7-13(11)21)18(32)26-15-10-30-20(25)27-14(9-23)16-22(30,17(15)31)29-19(24)28-16/h3,5,7,14-17,31H,4,6,8-10,23H2,1-2H3,(H2,25,27)(H,26,32)(H3,24,28,29)/t14-,15?,16?,17+,22?/m0/s1. The highest BCUT2D eigenvalue weighted by molar-refractivity contribution is 5.97. The molecule has 3 aliphatic heterocycles. The fraction of sp³-hybridized carbons (Fsp3) is 0.591. The van der Waals surface area contributed by atoms with Crippen LogP contribution >= 0.6 is 0 Å². The van der Waals surface area contributed by atoms with Gasteiger partial charge in [-0.05, 0) is 41.9 Å². The lowest BCUT2D eigenvalue weighted by Gasteiger charge is -2.46. The zero-order chi connectivity index (χ0) is 22.8. The molecule has 4 aliphatic rings. The smallest absolute Gasteiger partial charge is 0.251 e. The van der Waals surface area contributed by atoms with Gasteiger partial charge in [0.1, 0.15) is 12.1 Å². The molecule has 5 atom stereocenters. The van der Waals surface area contributed by atoms with E-state index in [1.165, 1.54) is 5.56 Å². The number of nitrogens with one attached hydrogen (secondary N) is 2. The maximum atomic E-state index is 13.4. The SMILES string of the molecule is CC1(C)CCCc2c(C(=O)NC3CN4C(N)=N[C@@H](CN)C5N=C(N)NC54[C@@H]3O)cccc21. The number of aliphatic imine (C=N–C) groups is 2. The molecule has 0 bridgehead atoms. The van der Waals surface area contributed by atoms with Gasteiger partial charge in [-0.15, -0.1) is 0 Å². The second-order valence-electron chi connectivity index (χ2n) is 9.90. The van der Waals surface area contributed by atoms with Gasteiger partial charge in [-0.3, -0.25) is 4.79 Å². The maximum Gasteiger partial charge on any atom is 0.251 e. The van der Waals surface area contributed by atoms with Crippen molar-refractivity contribution in [3.63, 3.8) is 0 Å². The summed E-state index contributed by atoms with van der Waals surface area (Å²) in [5, 5.41) is 17.6. The molecule has 1 amide bonds. The number of aliphatic hydroxyl groups is 1. The monoisotopic (exact) mass is 440 g/mol. The van der Waals surface area contributed by atoms with E-state index in [2.05, 4.69) is 40.5 Å². The number of aliphatic hydroxyl groups excluding tert-OH is 1. The first-order valence-corrected chi connectivity index (χ1v) is 11.2. The second-order valence-corrected chi connectivity index (χ2v) is 9.90. The van der Waals surface area contributed by atoms with Gasteiger partial charge in [0, 0.05) is 18.7 Å². The molecule has 0 saturated carbocycles. The summed E-state index contributed by atoms with van der Waals surface area (Å²) >= 11 is 0. The molecule has 9 N–H and O–H groups in total. The van der Waals surface area contributed by atoms with E-state index in [1.54, 1.807) is 4.90 Å². The van der Waals surface area contributed by atoms with Crippen molar-refractivity contribution in [1.29, 1.82) is 0 Å². The first kappa shape index (κ1) is 21.0. The number of carbonyl (C=O) groups is 1. The summed E-state index contributed by atoms with van der Waals surface area (Å²) in [6, 6.07) is 4.42. The zero-order valence-corrected chi connectivity index (χ0v) is 18.5. The van der Waals surface area contributed by atoms with Crippen molar-refractivity contribution in [3.8, 4) is 0 Å². The Bertz CT molecular complexity index is 1020. The van der Waals surface area contributed by atoms with E-state index in [1.807, 2.05) is 12.1 Å². The molecule has 1 spiro atoms. The third-order valence-corrected chi connectivity index (χ3v) is 7.59. The minimum atomic E-state index is -1.07. The highest BCUT2D eigenvalue weighted by Crippen LogP contribution is 2.40. The van der Waals surface area contributed by atoms with Gasteiger partial charge in [0.15, 0.2) is 17.6 Å². The van der Waals surface area contributed by atoms with Crippen molar-refractivity contribution in [2.75, 3.05) is 13.1 Å². The molecule has 172 valence electrons. The van der Waals surface area contributed by atoms with Crippen LogP contribution in [0.1, 0.15) is 48.2 Å². The van der Waals surface area contributed by atoms with Gasteiger partial charge in [-0.1, -0.05) is 26.0 Å². The summed E-state index contributed by atoms with van der Waals surface area (Å²) in [4.78, 5) is 24.1. The fourth-order valence-corrected chi connectivity index (χ4v) is 6.02. The third kappa shape index (κ3) is 2.82. The molecule has 1 saturated heterocycles. The van der Waals surface area contributed by atoms with Crippen LogP contribution in [0.15, 0.2) is 28.2 Å². The number of rotatable bonds is 3. The number of hydrogen-bond donors (Lipinski definition) is 6. The van der Waals surface area contributed by atoms with Crippen molar-refractivity contribution in [2.45, 2.75) is 68.4 Å². The molecular formula is C22H32N8O2. The topological polar surface area (TPSA) is 167 Å². The van der Waals surface area contributed by atoms with Crippen LogP contribution in [-0.4, -0.2) is 70.8 Å². The first-order chi connectivity index (χ1) is 15.2. The van der Waals surface area contributed by atoms with Crippen molar-refractivity contribution in [2.24, 2.45) is 27.2 Å². The summed E-state index contributed by atoms with van der Waals surface area (Å²) in [6.07, 6.45) is 2.00. The summed E-state index contributed by atoms with van der Waals surface area (Å²) in [7, 11) is 0. The first-order valence-electron chi connectivity index (χ1n) is 11.2. The van der Waals surface area contributed by atoms with Crippen LogP contribution in [0.2, 0.25) is 0 Å². The summed E-state index contributed by atoms with van der Waals surface area (Å²) in [5.41, 5.74) is 20.1. The van der Waals surface area contributed by atoms with Crippen LogP contribution in [0.4, 0.5) is 0 Å². The van der Waals surface area contributed by atoms with E-state index in [9.17, 15) is 9.90 Å². The molecule has 10 heteroatoms. The molecule has 1 fully saturated rings. The van der Waals surface area contributed by atoms with Crippen LogP contribution in [0, 0.1) is 0 Å². The van der Waals surface area contributed by atoms with Crippen LogP contribution in [0.25, 0.3) is 0 Å². The molecular weight excluding hydrogens is 408 g/mol. The Labute approximate surface area is 187 Å². The lowest BCUT2D eigenvalue weighted by atomic mass is 9.71. The maximum absolute atomic E-state index is 13.4. The summed E-state index contributed by atoms with van der Waals surface area (Å²) in [5.74, 6) is 0.256. The Balaban J connectivity index is 1.44. The normalized spacial score (nSPS) is 34.6. The van der Waals surface area contributed by atoms with E-state index >= 15 is 0 Å². The van der Waals surface area contributed by atoms with Gasteiger partial charge in [0.25, 0.3) is 5.91 Å². The lowest BCUT2D eigenvalue weighted by Crippen LogP contribution is -2.73. The van der Waals surface area contributed by atoms with E-state index in [4.69, 9.17) is 17.2 Å². The van der Waals surface area contributed by atoms with E-state index in [0.29, 0.717) is 5.56 Å². The molecule has 10 nitrogen and oxygen atoms in total. The van der Waals surface area contributed by atoms with Gasteiger partial charge >= 0.3 is 0 Å². The molecule has 5 rings (SSSR count). The largest absolute Gasteiger partial charge is 0.386 e. The van der Waals surface area contributed by atoms with Crippen LogP contribution in [0.5, 0.6) is 0 Å². The number of fused-ring (bicyclic) bond motifs is 1. The highest BCUT2D eigenvalue weighted by atomic mass is 16.3. The van der Waals surface area contributed by atoms with Crippen molar-refractivity contribution in [1.82, 2.24) is 15.5 Å². The lowest BCUT2D eigenvalue weighted by molar-refractivity contribution is 0.0150. The van der Waals surface area contributed by atoms with Crippen molar-refractivity contribution in [3.05, 3.63) is 34.9 Å². The van der Waals surface area contributed by atoms with Gasteiger partial charge in [0.05, 0.1) is 12.1 Å². The van der Waals surface area contributed by atoms with E-state index in [-0.39, 0.29) is 36.3 Å². The number of guanidine groups is 2. The van der Waals surface area contributed by atoms with Crippen molar-refractivity contribution < 1.29 is 9.90 Å². The summed E-state index contributed by atoms with van der Waals surface area (Å²) < 4.78 is 0. The van der Waals surface area contributed by atoms with Gasteiger partial charge in [-0.2, -0.15) is 0 Å². The second kappa shape index (κ2) is 7.08. The van der Waals surface area contributed by atoms with Gasteiger partial charge in [0.2, 0.25) is 0 Å². The third-order valence-electron chi connectivity index (χ3n) is 7.59. The molecule has 3 unspecified atom stereocenters. The van der Waals surface area contributed by atoms with E-state index < -0.39 is 29.9 Å². The van der Waals surface area contributed by atoms with Gasteiger partial charge in [-0.25, -0.2) is 9.98 Å². The van der Waals surface area contributed by atoms with Crippen LogP contribution in [-0.2, 0) is 11.8 Å². The minimum absolute atomic E-state index is 0.0361. The Kier molecular flexibility index (Phi) is 4.65. The minimum Gasteiger partial charge on any atom is -0.386 e. The molecule has 3 heterocycles. The molecule has 1 aromatic carbocycles. The molecule has 1 aromatic rings. The van der Waals surface area contributed by atoms with Gasteiger partial charge < -0.3 is 37.8 Å². The number of nitrogens with two attached hydrogens (primary N) is 3. The quantitative estimate of drug-likeness (QED) is 0.340. The zero-order valence-electron chi connectivity index (χ0n) is 18.5. The predicted molar refractivity (Wildman–Crippen MR) is 122 cm³/mol. The Hall–Kier alpha value is -2.85. The van der Waals surface area contributed by atoms with Crippen molar-refractivity contribution >= 4 is 17.8 Å². The Morgan fingerprint density at radius 1 is 1.34 bits per heavy atom. The highest BCUT2D eigenvalue weighted by Gasteiger charge is 2.65. The Morgan fingerprint density at radius 2 is 2.12 bits per heavy atom.